The van der Waals surface area contributed by atoms with E-state index in [-0.39, 0.29) is 4.90 Å². The lowest BCUT2D eigenvalue weighted by molar-refractivity contribution is 0.482. The molecule has 0 aliphatic rings. The van der Waals surface area contributed by atoms with Gasteiger partial charge in [0.15, 0.2) is 0 Å². The van der Waals surface area contributed by atoms with Crippen LogP contribution in [0.15, 0.2) is 102 Å². The molecule has 0 bridgehead atoms. The number of sulfonamides is 1. The lowest BCUT2D eigenvalue weighted by atomic mass is 10.2. The van der Waals surface area contributed by atoms with Crippen LogP contribution in [0.2, 0.25) is 0 Å². The molecule has 0 amide bonds. The lowest BCUT2D eigenvalue weighted by Gasteiger charge is -2.11. The van der Waals surface area contributed by atoms with Crippen molar-refractivity contribution in [3.63, 3.8) is 0 Å². The zero-order valence-corrected chi connectivity index (χ0v) is 17.6. The van der Waals surface area contributed by atoms with Crippen LogP contribution in [-0.4, -0.2) is 23.0 Å². The van der Waals surface area contributed by atoms with Crippen molar-refractivity contribution in [3.8, 4) is 28.6 Å². The van der Waals surface area contributed by atoms with Gasteiger partial charge in [-0.3, -0.25) is 9.55 Å². The van der Waals surface area contributed by atoms with Crippen LogP contribution in [0.25, 0.3) is 28.1 Å². The highest BCUT2D eigenvalue weighted by Crippen LogP contribution is 2.30. The number of ether oxygens (including phenoxy) is 1. The van der Waals surface area contributed by atoms with E-state index in [1.165, 1.54) is 12.1 Å². The number of imidazole rings is 1. The third-order valence-corrected chi connectivity index (χ3v) is 5.90. The van der Waals surface area contributed by atoms with Crippen LogP contribution in [0.1, 0.15) is 0 Å². The number of aromatic nitrogens is 3. The molecule has 5 rings (SSSR count). The van der Waals surface area contributed by atoms with Crippen molar-refractivity contribution in [1.82, 2.24) is 14.5 Å². The molecule has 0 spiro atoms. The number of rotatable bonds is 5. The molecule has 0 fully saturated rings. The SMILES string of the molecule is NS(=O)(=O)c1ccc(-c2nc3ccncc3n2-c2ccc(Oc3ccccc3)cc2)cc1. The Labute approximate surface area is 184 Å². The van der Waals surface area contributed by atoms with Gasteiger partial charge in [0.2, 0.25) is 10.0 Å². The molecule has 2 heterocycles. The van der Waals surface area contributed by atoms with Crippen LogP contribution in [0.4, 0.5) is 0 Å². The first-order chi connectivity index (χ1) is 15.5. The van der Waals surface area contributed by atoms with Crippen LogP contribution < -0.4 is 9.88 Å². The number of hydrogen-bond donors (Lipinski definition) is 1. The van der Waals surface area contributed by atoms with E-state index < -0.39 is 10.0 Å². The molecule has 8 heteroatoms. The molecule has 0 unspecified atom stereocenters. The average Bonchev–Trinajstić information content (AvgIpc) is 3.19. The fraction of sp³-hybridized carbons (Fsp3) is 0. The summed E-state index contributed by atoms with van der Waals surface area (Å²) >= 11 is 0. The molecular formula is C24H18N4O3S. The minimum Gasteiger partial charge on any atom is -0.457 e. The normalized spacial score (nSPS) is 11.5. The van der Waals surface area contributed by atoms with Gasteiger partial charge in [-0.25, -0.2) is 18.5 Å². The Hall–Kier alpha value is -4.01. The molecule has 5 aromatic rings. The van der Waals surface area contributed by atoms with E-state index >= 15 is 0 Å². The fourth-order valence-electron chi connectivity index (χ4n) is 3.46. The van der Waals surface area contributed by atoms with Crippen molar-refractivity contribution in [1.29, 1.82) is 0 Å². The number of benzene rings is 3. The summed E-state index contributed by atoms with van der Waals surface area (Å²) in [5.41, 5.74) is 3.22. The number of fused-ring (bicyclic) bond motifs is 1. The van der Waals surface area contributed by atoms with E-state index in [1.807, 2.05) is 65.2 Å². The van der Waals surface area contributed by atoms with E-state index in [9.17, 15) is 8.42 Å². The van der Waals surface area contributed by atoms with Gasteiger partial charge in [0.05, 0.1) is 22.1 Å². The van der Waals surface area contributed by atoms with Crippen LogP contribution in [0.5, 0.6) is 11.5 Å². The summed E-state index contributed by atoms with van der Waals surface area (Å²) in [6.45, 7) is 0. The van der Waals surface area contributed by atoms with Crippen molar-refractivity contribution in [2.24, 2.45) is 5.14 Å². The highest BCUT2D eigenvalue weighted by Gasteiger charge is 2.16. The number of nitrogens with zero attached hydrogens (tertiary/aromatic N) is 3. The molecule has 2 aromatic heterocycles. The Kier molecular flexibility index (Phi) is 4.93. The van der Waals surface area contributed by atoms with E-state index in [4.69, 9.17) is 14.9 Å². The Balaban J connectivity index is 1.58. The largest absolute Gasteiger partial charge is 0.457 e. The van der Waals surface area contributed by atoms with Gasteiger partial charge in [0.25, 0.3) is 0 Å². The highest BCUT2D eigenvalue weighted by molar-refractivity contribution is 7.89. The number of pyridine rings is 1. The molecule has 2 N–H and O–H groups in total. The molecule has 158 valence electrons. The third-order valence-electron chi connectivity index (χ3n) is 4.97. The molecule has 0 radical (unpaired) electrons. The Bertz CT molecular complexity index is 1500. The zero-order chi connectivity index (χ0) is 22.1. The lowest BCUT2D eigenvalue weighted by Crippen LogP contribution is -2.11. The van der Waals surface area contributed by atoms with Crippen molar-refractivity contribution in [2.45, 2.75) is 4.90 Å². The molecule has 0 aliphatic heterocycles. The first-order valence-electron chi connectivity index (χ1n) is 9.78. The fourth-order valence-corrected chi connectivity index (χ4v) is 3.98. The predicted molar refractivity (Wildman–Crippen MR) is 122 cm³/mol. The maximum absolute atomic E-state index is 11.6. The predicted octanol–water partition coefficient (Wildman–Crippen LogP) is 4.53. The Morgan fingerprint density at radius 3 is 2.19 bits per heavy atom. The molecular weight excluding hydrogens is 424 g/mol. The second-order valence-corrected chi connectivity index (χ2v) is 8.68. The summed E-state index contributed by atoms with van der Waals surface area (Å²) in [6, 6.07) is 25.4. The number of nitrogens with two attached hydrogens (primary N) is 1. The molecule has 0 saturated carbocycles. The van der Waals surface area contributed by atoms with E-state index in [0.717, 1.165) is 28.0 Å². The van der Waals surface area contributed by atoms with E-state index in [1.54, 1.807) is 24.5 Å². The standard InChI is InChI=1S/C24H18N4O3S/c25-32(29,30)21-12-6-17(7-13-21)24-27-22-14-15-26-16-23(22)28(24)18-8-10-20(11-9-18)31-19-4-2-1-3-5-19/h1-16H,(H2,25,29,30). The van der Waals surface area contributed by atoms with Gasteiger partial charge >= 0.3 is 0 Å². The minimum absolute atomic E-state index is 0.0491. The molecule has 3 aromatic carbocycles. The minimum atomic E-state index is -3.77. The highest BCUT2D eigenvalue weighted by atomic mass is 32.2. The van der Waals surface area contributed by atoms with Crippen LogP contribution >= 0.6 is 0 Å². The molecule has 0 atom stereocenters. The molecule has 0 saturated heterocycles. The van der Waals surface area contributed by atoms with Crippen molar-refractivity contribution >= 4 is 21.1 Å². The number of hydrogen-bond acceptors (Lipinski definition) is 5. The second kappa shape index (κ2) is 7.92. The smallest absolute Gasteiger partial charge is 0.238 e. The topological polar surface area (TPSA) is 100 Å². The van der Waals surface area contributed by atoms with Crippen molar-refractivity contribution in [3.05, 3.63) is 97.3 Å². The zero-order valence-electron chi connectivity index (χ0n) is 16.8. The quantitative estimate of drug-likeness (QED) is 0.431. The summed E-state index contributed by atoms with van der Waals surface area (Å²) in [7, 11) is -3.77. The monoisotopic (exact) mass is 442 g/mol. The average molecular weight is 443 g/mol. The van der Waals surface area contributed by atoms with Gasteiger partial charge in [-0.05, 0) is 66.7 Å². The second-order valence-electron chi connectivity index (χ2n) is 7.11. The van der Waals surface area contributed by atoms with Gasteiger partial charge in [-0.2, -0.15) is 0 Å². The third kappa shape index (κ3) is 3.84. The Morgan fingerprint density at radius 2 is 1.50 bits per heavy atom. The summed E-state index contributed by atoms with van der Waals surface area (Å²) in [5, 5.41) is 5.23. The van der Waals surface area contributed by atoms with E-state index in [2.05, 4.69) is 4.98 Å². The van der Waals surface area contributed by atoms with E-state index in [0.29, 0.717) is 11.6 Å². The van der Waals surface area contributed by atoms with Gasteiger partial charge in [0.1, 0.15) is 17.3 Å². The summed E-state index contributed by atoms with van der Waals surface area (Å²) in [4.78, 5) is 9.05. The summed E-state index contributed by atoms with van der Waals surface area (Å²) < 4.78 is 31.1. The van der Waals surface area contributed by atoms with Gasteiger partial charge in [-0.1, -0.05) is 18.2 Å². The summed E-state index contributed by atoms with van der Waals surface area (Å²) in [5.74, 6) is 2.13. The maximum Gasteiger partial charge on any atom is 0.238 e. The van der Waals surface area contributed by atoms with Crippen molar-refractivity contribution in [2.75, 3.05) is 0 Å². The molecule has 7 nitrogen and oxygen atoms in total. The van der Waals surface area contributed by atoms with Crippen LogP contribution in [0.3, 0.4) is 0 Å². The number of para-hydroxylation sites is 1. The van der Waals surface area contributed by atoms with Crippen LogP contribution in [-0.2, 0) is 10.0 Å². The first kappa shape index (κ1) is 19.9. The van der Waals surface area contributed by atoms with Gasteiger partial charge in [-0.15, -0.1) is 0 Å². The van der Waals surface area contributed by atoms with Gasteiger partial charge < -0.3 is 4.74 Å². The van der Waals surface area contributed by atoms with Crippen LogP contribution in [0, 0.1) is 0 Å². The Morgan fingerprint density at radius 1 is 0.812 bits per heavy atom. The molecule has 0 aliphatic carbocycles. The first-order valence-corrected chi connectivity index (χ1v) is 11.3. The van der Waals surface area contributed by atoms with Crippen molar-refractivity contribution < 1.29 is 13.2 Å². The summed E-state index contributed by atoms with van der Waals surface area (Å²) in [6.07, 6.45) is 3.43. The molecule has 32 heavy (non-hydrogen) atoms. The number of primary sulfonamides is 1. The maximum atomic E-state index is 11.6. The van der Waals surface area contributed by atoms with Gasteiger partial charge in [0, 0.05) is 17.4 Å².